The van der Waals surface area contributed by atoms with Crippen LogP contribution in [0.2, 0.25) is 0 Å². The Labute approximate surface area is 152 Å². The van der Waals surface area contributed by atoms with Crippen LogP contribution in [-0.2, 0) is 0 Å². The zero-order valence-electron chi connectivity index (χ0n) is 14.8. The maximum Gasteiger partial charge on any atom is 0.118 e. The van der Waals surface area contributed by atoms with Crippen LogP contribution < -0.4 is 9.47 Å². The fourth-order valence-corrected chi connectivity index (χ4v) is 3.08. The molecule has 0 atom stereocenters. The Morgan fingerprint density at radius 1 is 0.654 bits per heavy atom. The van der Waals surface area contributed by atoms with E-state index in [-0.39, 0.29) is 0 Å². The number of rotatable bonds is 4. The molecule has 3 nitrogen and oxygen atoms in total. The van der Waals surface area contributed by atoms with E-state index in [0.29, 0.717) is 0 Å². The Hall–Kier alpha value is -3.33. The summed E-state index contributed by atoms with van der Waals surface area (Å²) in [7, 11) is 3.35. The first-order valence-corrected chi connectivity index (χ1v) is 8.47. The number of pyridine rings is 1. The molecule has 0 spiro atoms. The van der Waals surface area contributed by atoms with Crippen LogP contribution in [0.25, 0.3) is 33.3 Å². The van der Waals surface area contributed by atoms with Crippen LogP contribution in [0.15, 0.2) is 78.9 Å². The number of aromatic nitrogens is 1. The van der Waals surface area contributed by atoms with Gasteiger partial charge >= 0.3 is 0 Å². The molecule has 0 fully saturated rings. The highest BCUT2D eigenvalue weighted by atomic mass is 16.5. The van der Waals surface area contributed by atoms with E-state index in [2.05, 4.69) is 24.3 Å². The molecule has 128 valence electrons. The average molecular weight is 341 g/mol. The van der Waals surface area contributed by atoms with Gasteiger partial charge in [0.2, 0.25) is 0 Å². The zero-order chi connectivity index (χ0) is 17.9. The molecule has 1 aromatic heterocycles. The van der Waals surface area contributed by atoms with Crippen molar-refractivity contribution in [3.63, 3.8) is 0 Å². The summed E-state index contributed by atoms with van der Waals surface area (Å²) in [5.74, 6) is 1.68. The van der Waals surface area contributed by atoms with Gasteiger partial charge in [0.15, 0.2) is 0 Å². The van der Waals surface area contributed by atoms with Crippen LogP contribution in [0.1, 0.15) is 0 Å². The Morgan fingerprint density at radius 2 is 1.23 bits per heavy atom. The summed E-state index contributed by atoms with van der Waals surface area (Å²) < 4.78 is 10.5. The van der Waals surface area contributed by atoms with Gasteiger partial charge in [0.05, 0.1) is 25.6 Å². The fraction of sp³-hybridized carbons (Fsp3) is 0.0870. The molecule has 3 heteroatoms. The van der Waals surface area contributed by atoms with Gasteiger partial charge in [-0.3, -0.25) is 0 Å². The minimum absolute atomic E-state index is 0.837. The van der Waals surface area contributed by atoms with E-state index in [1.54, 1.807) is 14.2 Å². The van der Waals surface area contributed by atoms with Crippen molar-refractivity contribution in [3.8, 4) is 34.0 Å². The Morgan fingerprint density at radius 3 is 1.85 bits per heavy atom. The number of benzene rings is 3. The van der Waals surface area contributed by atoms with Crippen molar-refractivity contribution in [1.82, 2.24) is 4.98 Å². The number of hydrogen-bond donors (Lipinski definition) is 0. The van der Waals surface area contributed by atoms with Crippen LogP contribution in [0.5, 0.6) is 11.5 Å². The molecule has 26 heavy (non-hydrogen) atoms. The second kappa shape index (κ2) is 6.89. The Kier molecular flexibility index (Phi) is 4.28. The molecular weight excluding hydrogens is 322 g/mol. The molecule has 0 saturated carbocycles. The van der Waals surface area contributed by atoms with Crippen molar-refractivity contribution in [2.75, 3.05) is 14.2 Å². The molecule has 0 aliphatic heterocycles. The van der Waals surface area contributed by atoms with Gasteiger partial charge in [-0.25, -0.2) is 4.98 Å². The molecule has 0 saturated heterocycles. The third kappa shape index (κ3) is 3.00. The van der Waals surface area contributed by atoms with E-state index in [4.69, 9.17) is 14.5 Å². The molecule has 0 unspecified atom stereocenters. The minimum Gasteiger partial charge on any atom is -0.497 e. The maximum absolute atomic E-state index is 5.28. The number of hydrogen-bond acceptors (Lipinski definition) is 3. The quantitative estimate of drug-likeness (QED) is 0.485. The monoisotopic (exact) mass is 341 g/mol. The molecule has 0 N–H and O–H groups in total. The first-order valence-electron chi connectivity index (χ1n) is 8.47. The largest absolute Gasteiger partial charge is 0.497 e. The molecule has 0 radical (unpaired) electrons. The molecule has 1 heterocycles. The van der Waals surface area contributed by atoms with Crippen LogP contribution >= 0.6 is 0 Å². The van der Waals surface area contributed by atoms with E-state index < -0.39 is 0 Å². The van der Waals surface area contributed by atoms with E-state index in [9.17, 15) is 0 Å². The summed E-state index contributed by atoms with van der Waals surface area (Å²) in [4.78, 5) is 4.97. The lowest BCUT2D eigenvalue weighted by Crippen LogP contribution is -1.92. The topological polar surface area (TPSA) is 31.4 Å². The minimum atomic E-state index is 0.837. The smallest absolute Gasteiger partial charge is 0.118 e. The highest BCUT2D eigenvalue weighted by molar-refractivity contribution is 5.97. The summed E-state index contributed by atoms with van der Waals surface area (Å²) in [5, 5.41) is 2.30. The summed E-state index contributed by atoms with van der Waals surface area (Å²) in [6.45, 7) is 0. The summed E-state index contributed by atoms with van der Waals surface area (Å²) >= 11 is 0. The first-order chi connectivity index (χ1) is 12.8. The van der Waals surface area contributed by atoms with Crippen molar-refractivity contribution < 1.29 is 9.47 Å². The first kappa shape index (κ1) is 16.2. The van der Waals surface area contributed by atoms with Crippen molar-refractivity contribution in [2.24, 2.45) is 0 Å². The third-order valence-corrected chi connectivity index (χ3v) is 4.49. The predicted molar refractivity (Wildman–Crippen MR) is 106 cm³/mol. The van der Waals surface area contributed by atoms with Crippen molar-refractivity contribution in [1.29, 1.82) is 0 Å². The SMILES string of the molecule is COc1ccc(-c2cc3ccccc3c(-c3ccc(OC)cc3)n2)cc1. The van der Waals surface area contributed by atoms with Gasteiger partial charge in [0.25, 0.3) is 0 Å². The van der Waals surface area contributed by atoms with Gasteiger partial charge in [-0.1, -0.05) is 24.3 Å². The van der Waals surface area contributed by atoms with Gasteiger partial charge in [-0.15, -0.1) is 0 Å². The lowest BCUT2D eigenvalue weighted by Gasteiger charge is -2.11. The van der Waals surface area contributed by atoms with E-state index in [1.807, 2.05) is 54.6 Å². The standard InChI is InChI=1S/C23H19NO2/c1-25-19-11-7-16(8-12-19)22-15-18-5-3-4-6-21(18)23(24-22)17-9-13-20(26-2)14-10-17/h3-15H,1-2H3. The van der Waals surface area contributed by atoms with E-state index >= 15 is 0 Å². The number of methoxy groups -OCH3 is 2. The second-order valence-electron chi connectivity index (χ2n) is 6.03. The van der Waals surface area contributed by atoms with Crippen molar-refractivity contribution in [2.45, 2.75) is 0 Å². The molecular formula is C23H19NO2. The highest BCUT2D eigenvalue weighted by Crippen LogP contribution is 2.32. The Bertz CT molecular complexity index is 1040. The van der Waals surface area contributed by atoms with Crippen LogP contribution in [0, 0.1) is 0 Å². The van der Waals surface area contributed by atoms with Gasteiger partial charge in [-0.2, -0.15) is 0 Å². The predicted octanol–water partition coefficient (Wildman–Crippen LogP) is 5.59. The summed E-state index contributed by atoms with van der Waals surface area (Å²) in [6, 6.07) is 26.5. The van der Waals surface area contributed by atoms with Crippen molar-refractivity contribution >= 4 is 10.8 Å². The van der Waals surface area contributed by atoms with Gasteiger partial charge in [0.1, 0.15) is 11.5 Å². The molecule has 3 aromatic carbocycles. The molecule has 0 aliphatic rings. The van der Waals surface area contributed by atoms with Crippen LogP contribution in [0.4, 0.5) is 0 Å². The Balaban J connectivity index is 1.89. The van der Waals surface area contributed by atoms with E-state index in [0.717, 1.165) is 39.4 Å². The third-order valence-electron chi connectivity index (χ3n) is 4.49. The average Bonchev–Trinajstić information content (AvgIpc) is 2.73. The molecule has 0 aliphatic carbocycles. The lowest BCUT2D eigenvalue weighted by atomic mass is 10.0. The molecule has 0 bridgehead atoms. The molecule has 0 amide bonds. The summed E-state index contributed by atoms with van der Waals surface area (Å²) in [5.41, 5.74) is 4.04. The maximum atomic E-state index is 5.28. The fourth-order valence-electron chi connectivity index (χ4n) is 3.08. The number of ether oxygens (including phenoxy) is 2. The van der Waals surface area contributed by atoms with Gasteiger partial charge in [-0.05, 0) is 60.0 Å². The van der Waals surface area contributed by atoms with Crippen LogP contribution in [0.3, 0.4) is 0 Å². The second-order valence-corrected chi connectivity index (χ2v) is 6.03. The zero-order valence-corrected chi connectivity index (χ0v) is 14.8. The lowest BCUT2D eigenvalue weighted by molar-refractivity contribution is 0.415. The van der Waals surface area contributed by atoms with Crippen LogP contribution in [-0.4, -0.2) is 19.2 Å². The molecule has 4 aromatic rings. The summed E-state index contributed by atoms with van der Waals surface area (Å²) in [6.07, 6.45) is 0. The van der Waals surface area contributed by atoms with Gasteiger partial charge in [0, 0.05) is 16.5 Å². The number of fused-ring (bicyclic) bond motifs is 1. The van der Waals surface area contributed by atoms with Gasteiger partial charge < -0.3 is 9.47 Å². The van der Waals surface area contributed by atoms with Crippen molar-refractivity contribution in [3.05, 3.63) is 78.9 Å². The van der Waals surface area contributed by atoms with E-state index in [1.165, 1.54) is 5.39 Å². The highest BCUT2D eigenvalue weighted by Gasteiger charge is 2.10. The number of nitrogens with zero attached hydrogens (tertiary/aromatic N) is 1. The normalized spacial score (nSPS) is 10.7. The molecule has 4 rings (SSSR count).